The zero-order valence-electron chi connectivity index (χ0n) is 10.5. The first-order chi connectivity index (χ1) is 6.87. The summed E-state index contributed by atoms with van der Waals surface area (Å²) >= 11 is 0. The molecule has 0 atom stereocenters. The summed E-state index contributed by atoms with van der Waals surface area (Å²) in [6.45, 7) is 9.54. The van der Waals surface area contributed by atoms with E-state index in [-0.39, 0.29) is 18.2 Å². The molecule has 0 unspecified atom stereocenters. The molecule has 0 radical (unpaired) electrons. The van der Waals surface area contributed by atoms with Crippen LogP contribution >= 0.6 is 0 Å². The molecule has 4 nitrogen and oxygen atoms in total. The second kappa shape index (κ2) is 5.95. The third-order valence-corrected chi connectivity index (χ3v) is 1.90. The maximum atomic E-state index is 11.2. The van der Waals surface area contributed by atoms with Crippen molar-refractivity contribution in [3.05, 3.63) is 0 Å². The van der Waals surface area contributed by atoms with E-state index in [4.69, 9.17) is 10.5 Å². The van der Waals surface area contributed by atoms with Crippen LogP contribution < -0.4 is 11.1 Å². The Labute approximate surface area is 92.6 Å². The maximum absolute atomic E-state index is 11.2. The third kappa shape index (κ3) is 6.33. The summed E-state index contributed by atoms with van der Waals surface area (Å²) in [5, 5.41) is 2.76. The fraction of sp³-hybridized carbons (Fsp3) is 0.909. The Balaban J connectivity index is 0.000000921. The lowest BCUT2D eigenvalue weighted by atomic mass is 9.88. The Hall–Kier alpha value is -0.770. The molecule has 15 heavy (non-hydrogen) atoms. The number of nitrogens with one attached hydrogen (secondary N) is 1. The first-order valence-electron chi connectivity index (χ1n) is 5.62. The first kappa shape index (κ1) is 14.2. The van der Waals surface area contributed by atoms with Crippen LogP contribution in [0.2, 0.25) is 0 Å². The van der Waals surface area contributed by atoms with Gasteiger partial charge in [-0.3, -0.25) is 0 Å². The average molecular weight is 216 g/mol. The van der Waals surface area contributed by atoms with Gasteiger partial charge in [-0.25, -0.2) is 4.79 Å². The fourth-order valence-corrected chi connectivity index (χ4v) is 1.25. The average Bonchev–Trinajstić information content (AvgIpc) is 2.02. The minimum absolute atomic E-state index is 0.213. The monoisotopic (exact) mass is 216 g/mol. The van der Waals surface area contributed by atoms with Crippen molar-refractivity contribution in [2.24, 2.45) is 5.73 Å². The van der Waals surface area contributed by atoms with E-state index in [9.17, 15) is 4.79 Å². The summed E-state index contributed by atoms with van der Waals surface area (Å²) in [6.07, 6.45) is 1.38. The topological polar surface area (TPSA) is 64.3 Å². The predicted octanol–water partition coefficient (Wildman–Crippen LogP) is 2.03. The maximum Gasteiger partial charge on any atom is 0.407 e. The van der Waals surface area contributed by atoms with Gasteiger partial charge < -0.3 is 15.8 Å². The molecule has 0 saturated heterocycles. The number of ether oxygens (including phenoxy) is 1. The molecule has 1 aliphatic rings. The molecule has 0 aromatic rings. The largest absolute Gasteiger partial charge is 0.444 e. The molecule has 90 valence electrons. The summed E-state index contributed by atoms with van der Waals surface area (Å²) in [4.78, 5) is 11.2. The van der Waals surface area contributed by atoms with E-state index in [2.05, 4.69) is 5.32 Å². The van der Waals surface area contributed by atoms with Crippen LogP contribution in [0.15, 0.2) is 0 Å². The van der Waals surface area contributed by atoms with Crippen molar-refractivity contribution >= 4 is 6.09 Å². The highest BCUT2D eigenvalue weighted by molar-refractivity contribution is 5.68. The van der Waals surface area contributed by atoms with Gasteiger partial charge in [0.1, 0.15) is 5.60 Å². The molecule has 4 heteroatoms. The molecule has 0 aromatic heterocycles. The highest BCUT2D eigenvalue weighted by Gasteiger charge is 2.28. The molecular formula is C11H24N2O2. The van der Waals surface area contributed by atoms with Crippen molar-refractivity contribution in [2.75, 3.05) is 0 Å². The number of amides is 1. The van der Waals surface area contributed by atoms with Gasteiger partial charge in [0.05, 0.1) is 0 Å². The van der Waals surface area contributed by atoms with Crippen LogP contribution in [0.3, 0.4) is 0 Å². The SMILES string of the molecule is CC.CC(C)(C)OC(=O)NC1CC(N)C1. The molecule has 1 fully saturated rings. The van der Waals surface area contributed by atoms with Gasteiger partial charge >= 0.3 is 6.09 Å². The van der Waals surface area contributed by atoms with Crippen molar-refractivity contribution in [2.45, 2.75) is 65.1 Å². The Morgan fingerprint density at radius 1 is 1.33 bits per heavy atom. The first-order valence-corrected chi connectivity index (χ1v) is 5.62. The van der Waals surface area contributed by atoms with Crippen LogP contribution in [-0.4, -0.2) is 23.8 Å². The highest BCUT2D eigenvalue weighted by atomic mass is 16.6. The molecule has 0 bridgehead atoms. The van der Waals surface area contributed by atoms with E-state index in [1.165, 1.54) is 0 Å². The second-order valence-electron chi connectivity index (χ2n) is 4.57. The van der Waals surface area contributed by atoms with Crippen molar-refractivity contribution in [1.82, 2.24) is 5.32 Å². The van der Waals surface area contributed by atoms with Gasteiger partial charge in [0.25, 0.3) is 0 Å². The van der Waals surface area contributed by atoms with Crippen LogP contribution in [0.1, 0.15) is 47.5 Å². The van der Waals surface area contributed by atoms with Gasteiger partial charge in [0, 0.05) is 12.1 Å². The Bertz CT molecular complexity index is 193. The van der Waals surface area contributed by atoms with E-state index >= 15 is 0 Å². The Kier molecular flexibility index (Phi) is 5.65. The lowest BCUT2D eigenvalue weighted by Gasteiger charge is -2.33. The number of nitrogens with two attached hydrogens (primary N) is 1. The summed E-state index contributed by atoms with van der Waals surface area (Å²) in [5.74, 6) is 0. The predicted molar refractivity (Wildman–Crippen MR) is 61.7 cm³/mol. The molecule has 1 amide bonds. The third-order valence-electron chi connectivity index (χ3n) is 1.90. The number of rotatable bonds is 1. The second-order valence-corrected chi connectivity index (χ2v) is 4.57. The van der Waals surface area contributed by atoms with Gasteiger partial charge in [-0.2, -0.15) is 0 Å². The van der Waals surface area contributed by atoms with Gasteiger partial charge in [0.2, 0.25) is 0 Å². The normalized spacial score (nSPS) is 24.4. The summed E-state index contributed by atoms with van der Waals surface area (Å²) in [6, 6.07) is 0.463. The van der Waals surface area contributed by atoms with Crippen molar-refractivity contribution in [1.29, 1.82) is 0 Å². The van der Waals surface area contributed by atoms with Crippen LogP contribution in [-0.2, 0) is 4.74 Å². The minimum atomic E-state index is -0.421. The lowest BCUT2D eigenvalue weighted by Crippen LogP contribution is -2.51. The number of hydrogen-bond acceptors (Lipinski definition) is 3. The fourth-order valence-electron chi connectivity index (χ4n) is 1.25. The van der Waals surface area contributed by atoms with Crippen molar-refractivity contribution in [3.63, 3.8) is 0 Å². The van der Waals surface area contributed by atoms with Gasteiger partial charge in [-0.15, -0.1) is 0 Å². The summed E-state index contributed by atoms with van der Waals surface area (Å²) in [7, 11) is 0. The number of carbonyl (C=O) groups is 1. The summed E-state index contributed by atoms with van der Waals surface area (Å²) in [5.41, 5.74) is 5.16. The van der Waals surface area contributed by atoms with E-state index in [0.717, 1.165) is 12.8 Å². The highest BCUT2D eigenvalue weighted by Crippen LogP contribution is 2.18. The van der Waals surface area contributed by atoms with Gasteiger partial charge in [-0.1, -0.05) is 13.8 Å². The quantitative estimate of drug-likeness (QED) is 0.705. The lowest BCUT2D eigenvalue weighted by molar-refractivity contribution is 0.0473. The number of carbonyl (C=O) groups excluding carboxylic acids is 1. The minimum Gasteiger partial charge on any atom is -0.444 e. The van der Waals surface area contributed by atoms with Crippen LogP contribution in [0.5, 0.6) is 0 Å². The molecular weight excluding hydrogens is 192 g/mol. The van der Waals surface area contributed by atoms with E-state index in [1.807, 2.05) is 34.6 Å². The zero-order valence-corrected chi connectivity index (χ0v) is 10.5. The molecule has 1 saturated carbocycles. The van der Waals surface area contributed by atoms with E-state index in [0.29, 0.717) is 0 Å². The van der Waals surface area contributed by atoms with Crippen LogP contribution in [0.25, 0.3) is 0 Å². The Morgan fingerprint density at radius 3 is 2.13 bits per heavy atom. The molecule has 3 N–H and O–H groups in total. The standard InChI is InChI=1S/C9H18N2O2.C2H6/c1-9(2,3)13-8(12)11-7-4-6(10)5-7;1-2/h6-7H,4-5,10H2,1-3H3,(H,11,12);1-2H3. The van der Waals surface area contributed by atoms with E-state index in [1.54, 1.807) is 0 Å². The van der Waals surface area contributed by atoms with Crippen LogP contribution in [0.4, 0.5) is 4.79 Å². The van der Waals surface area contributed by atoms with Crippen LogP contribution in [0, 0.1) is 0 Å². The van der Waals surface area contributed by atoms with Crippen molar-refractivity contribution in [3.8, 4) is 0 Å². The molecule has 0 aromatic carbocycles. The number of hydrogen-bond donors (Lipinski definition) is 2. The number of alkyl carbamates (subject to hydrolysis) is 1. The Morgan fingerprint density at radius 2 is 1.80 bits per heavy atom. The molecule has 0 aliphatic heterocycles. The molecule has 0 spiro atoms. The van der Waals surface area contributed by atoms with Crippen molar-refractivity contribution < 1.29 is 9.53 Å². The molecule has 0 heterocycles. The van der Waals surface area contributed by atoms with E-state index < -0.39 is 5.60 Å². The zero-order chi connectivity index (χ0) is 12.1. The van der Waals surface area contributed by atoms with Gasteiger partial charge in [0.15, 0.2) is 0 Å². The summed E-state index contributed by atoms with van der Waals surface area (Å²) < 4.78 is 5.09. The molecule has 1 rings (SSSR count). The van der Waals surface area contributed by atoms with Gasteiger partial charge in [-0.05, 0) is 33.6 Å². The smallest absolute Gasteiger partial charge is 0.407 e. The molecule has 1 aliphatic carbocycles.